The summed E-state index contributed by atoms with van der Waals surface area (Å²) in [6.07, 6.45) is 0. The lowest BCUT2D eigenvalue weighted by atomic mass is 10.2. The van der Waals surface area contributed by atoms with Gasteiger partial charge in [0.05, 0.1) is 19.7 Å². The van der Waals surface area contributed by atoms with E-state index in [-0.39, 0.29) is 25.0 Å². The second-order valence-electron chi connectivity index (χ2n) is 4.52. The monoisotopic (exact) mass is 278 g/mol. The molecule has 0 aromatic heterocycles. The van der Waals surface area contributed by atoms with E-state index in [2.05, 4.69) is 5.32 Å². The quantitative estimate of drug-likeness (QED) is 0.773. The molecule has 0 radical (unpaired) electrons. The SMILES string of the molecule is CCOC(=O)CN(CC)CC(=O)Nc1ccc(C)cc1. The third-order valence-electron chi connectivity index (χ3n) is 2.81. The lowest BCUT2D eigenvalue weighted by molar-refractivity contribution is -0.144. The molecule has 0 saturated heterocycles. The highest BCUT2D eigenvalue weighted by molar-refractivity contribution is 5.92. The van der Waals surface area contributed by atoms with E-state index in [1.165, 1.54) is 0 Å². The molecule has 0 spiro atoms. The maximum Gasteiger partial charge on any atom is 0.320 e. The number of anilines is 1. The molecule has 1 aromatic rings. The lowest BCUT2D eigenvalue weighted by Crippen LogP contribution is -2.37. The van der Waals surface area contributed by atoms with E-state index in [0.717, 1.165) is 11.3 Å². The summed E-state index contributed by atoms with van der Waals surface area (Å²) < 4.78 is 4.87. The van der Waals surface area contributed by atoms with Crippen LogP contribution < -0.4 is 5.32 Å². The van der Waals surface area contributed by atoms with Crippen LogP contribution in [0.3, 0.4) is 0 Å². The van der Waals surface area contributed by atoms with Crippen molar-refractivity contribution in [2.75, 3.05) is 31.6 Å². The molecule has 1 aromatic carbocycles. The number of rotatable bonds is 7. The first-order valence-electron chi connectivity index (χ1n) is 6.79. The summed E-state index contributed by atoms with van der Waals surface area (Å²) in [6, 6.07) is 7.58. The topological polar surface area (TPSA) is 58.6 Å². The van der Waals surface area contributed by atoms with Crippen molar-refractivity contribution < 1.29 is 14.3 Å². The molecule has 0 heterocycles. The second kappa shape index (κ2) is 8.32. The molecule has 0 aliphatic heterocycles. The van der Waals surface area contributed by atoms with E-state index < -0.39 is 0 Å². The molecule has 20 heavy (non-hydrogen) atoms. The molecule has 5 heteroatoms. The largest absolute Gasteiger partial charge is 0.465 e. The van der Waals surface area contributed by atoms with Gasteiger partial charge in [-0.1, -0.05) is 24.6 Å². The van der Waals surface area contributed by atoms with E-state index in [1.54, 1.807) is 11.8 Å². The number of aryl methyl sites for hydroxylation is 1. The Hall–Kier alpha value is -1.88. The molecule has 0 bridgehead atoms. The third kappa shape index (κ3) is 5.84. The van der Waals surface area contributed by atoms with Gasteiger partial charge in [0.1, 0.15) is 0 Å². The van der Waals surface area contributed by atoms with Crippen LogP contribution in [0.15, 0.2) is 24.3 Å². The van der Waals surface area contributed by atoms with Crippen LogP contribution in [0.25, 0.3) is 0 Å². The molecule has 0 saturated carbocycles. The zero-order chi connectivity index (χ0) is 15.0. The van der Waals surface area contributed by atoms with Crippen LogP contribution in [0.2, 0.25) is 0 Å². The summed E-state index contributed by atoms with van der Waals surface area (Å²) in [7, 11) is 0. The Balaban J connectivity index is 2.46. The molecule has 0 fully saturated rings. The van der Waals surface area contributed by atoms with Crippen molar-refractivity contribution in [1.82, 2.24) is 4.90 Å². The van der Waals surface area contributed by atoms with Gasteiger partial charge in [-0.2, -0.15) is 0 Å². The van der Waals surface area contributed by atoms with Gasteiger partial charge < -0.3 is 10.1 Å². The van der Waals surface area contributed by atoms with E-state index in [4.69, 9.17) is 4.74 Å². The molecule has 0 aliphatic carbocycles. The predicted octanol–water partition coefficient (Wildman–Crippen LogP) is 1.82. The normalized spacial score (nSPS) is 10.4. The van der Waals surface area contributed by atoms with Crippen molar-refractivity contribution in [2.24, 2.45) is 0 Å². The smallest absolute Gasteiger partial charge is 0.320 e. The van der Waals surface area contributed by atoms with Crippen LogP contribution in [0.4, 0.5) is 5.69 Å². The van der Waals surface area contributed by atoms with Crippen LogP contribution in [-0.4, -0.2) is 43.0 Å². The van der Waals surface area contributed by atoms with Gasteiger partial charge in [-0.15, -0.1) is 0 Å². The molecule has 110 valence electrons. The number of nitrogens with zero attached hydrogens (tertiary/aromatic N) is 1. The first-order valence-corrected chi connectivity index (χ1v) is 6.79. The molecular formula is C15H22N2O3. The summed E-state index contributed by atoms with van der Waals surface area (Å²) in [5, 5.41) is 2.81. The number of amides is 1. The van der Waals surface area contributed by atoms with E-state index in [1.807, 2.05) is 38.1 Å². The highest BCUT2D eigenvalue weighted by Crippen LogP contribution is 2.08. The van der Waals surface area contributed by atoms with Gasteiger partial charge in [0.2, 0.25) is 5.91 Å². The lowest BCUT2D eigenvalue weighted by Gasteiger charge is -2.18. The Kier molecular flexibility index (Phi) is 6.73. The molecule has 1 rings (SSSR count). The van der Waals surface area contributed by atoms with Gasteiger partial charge in [0.25, 0.3) is 0 Å². The first kappa shape index (κ1) is 16.2. The summed E-state index contributed by atoms with van der Waals surface area (Å²) in [5.41, 5.74) is 1.90. The van der Waals surface area contributed by atoms with Crippen molar-refractivity contribution in [3.8, 4) is 0 Å². The Labute approximate surface area is 119 Å². The van der Waals surface area contributed by atoms with E-state index >= 15 is 0 Å². The average Bonchev–Trinajstić information content (AvgIpc) is 2.41. The third-order valence-corrected chi connectivity index (χ3v) is 2.81. The summed E-state index contributed by atoms with van der Waals surface area (Å²) in [5.74, 6) is -0.447. The highest BCUT2D eigenvalue weighted by Gasteiger charge is 2.13. The van der Waals surface area contributed by atoms with Crippen LogP contribution >= 0.6 is 0 Å². The number of likely N-dealkylation sites (N-methyl/N-ethyl adjacent to an activating group) is 1. The Morgan fingerprint density at radius 2 is 1.80 bits per heavy atom. The van der Waals surface area contributed by atoms with Crippen molar-refractivity contribution >= 4 is 17.6 Å². The minimum atomic E-state index is -0.308. The molecule has 5 nitrogen and oxygen atoms in total. The fraction of sp³-hybridized carbons (Fsp3) is 0.467. The van der Waals surface area contributed by atoms with Crippen molar-refractivity contribution in [3.05, 3.63) is 29.8 Å². The minimum Gasteiger partial charge on any atom is -0.465 e. The second-order valence-corrected chi connectivity index (χ2v) is 4.52. The van der Waals surface area contributed by atoms with Gasteiger partial charge in [-0.05, 0) is 32.5 Å². The maximum atomic E-state index is 11.9. The number of hydrogen-bond donors (Lipinski definition) is 1. The summed E-state index contributed by atoms with van der Waals surface area (Å²) >= 11 is 0. The standard InChI is InChI=1S/C15H22N2O3/c1-4-17(11-15(19)20-5-2)10-14(18)16-13-8-6-12(3)7-9-13/h6-9H,4-5,10-11H2,1-3H3,(H,16,18). The van der Waals surface area contributed by atoms with Crippen LogP contribution in [-0.2, 0) is 14.3 Å². The van der Waals surface area contributed by atoms with Gasteiger partial charge in [0, 0.05) is 5.69 Å². The number of benzene rings is 1. The molecule has 1 amide bonds. The maximum absolute atomic E-state index is 11.9. The minimum absolute atomic E-state index is 0.131. The van der Waals surface area contributed by atoms with E-state index in [0.29, 0.717) is 13.2 Å². The first-order chi connectivity index (χ1) is 9.55. The molecule has 0 aliphatic rings. The van der Waals surface area contributed by atoms with E-state index in [9.17, 15) is 9.59 Å². The van der Waals surface area contributed by atoms with Crippen molar-refractivity contribution in [3.63, 3.8) is 0 Å². The number of esters is 1. The zero-order valence-electron chi connectivity index (χ0n) is 12.3. The summed E-state index contributed by atoms with van der Waals surface area (Å²) in [6.45, 7) is 6.92. The fourth-order valence-electron chi connectivity index (χ4n) is 1.71. The van der Waals surface area contributed by atoms with Gasteiger partial charge in [-0.3, -0.25) is 14.5 Å². The highest BCUT2D eigenvalue weighted by atomic mass is 16.5. The van der Waals surface area contributed by atoms with Crippen molar-refractivity contribution in [2.45, 2.75) is 20.8 Å². The summed E-state index contributed by atoms with van der Waals surface area (Å²) in [4.78, 5) is 25.0. The number of nitrogens with one attached hydrogen (secondary N) is 1. The molecule has 1 N–H and O–H groups in total. The van der Waals surface area contributed by atoms with Gasteiger partial charge >= 0.3 is 5.97 Å². The molecule has 0 unspecified atom stereocenters. The van der Waals surface area contributed by atoms with Crippen LogP contribution in [0.1, 0.15) is 19.4 Å². The van der Waals surface area contributed by atoms with Gasteiger partial charge in [0.15, 0.2) is 0 Å². The number of hydrogen-bond acceptors (Lipinski definition) is 4. The Morgan fingerprint density at radius 3 is 2.35 bits per heavy atom. The number of carbonyl (C=O) groups excluding carboxylic acids is 2. The number of ether oxygens (including phenoxy) is 1. The van der Waals surface area contributed by atoms with Crippen LogP contribution in [0, 0.1) is 6.92 Å². The average molecular weight is 278 g/mol. The Bertz CT molecular complexity index is 443. The molecular weight excluding hydrogens is 256 g/mol. The number of carbonyl (C=O) groups is 2. The Morgan fingerprint density at radius 1 is 1.15 bits per heavy atom. The zero-order valence-corrected chi connectivity index (χ0v) is 12.3. The van der Waals surface area contributed by atoms with Crippen LogP contribution in [0.5, 0.6) is 0 Å². The fourth-order valence-corrected chi connectivity index (χ4v) is 1.71. The van der Waals surface area contributed by atoms with Gasteiger partial charge in [-0.25, -0.2) is 0 Å². The van der Waals surface area contributed by atoms with Crippen molar-refractivity contribution in [1.29, 1.82) is 0 Å². The molecule has 0 atom stereocenters. The predicted molar refractivity (Wildman–Crippen MR) is 78.6 cm³/mol.